The molecule has 2 aromatic rings. The molecule has 0 N–H and O–H groups in total. The first kappa shape index (κ1) is 11.3. The summed E-state index contributed by atoms with van der Waals surface area (Å²) in [5.74, 6) is 0.208. The molecule has 0 saturated heterocycles. The highest BCUT2D eigenvalue weighted by molar-refractivity contribution is 5.65. The average Bonchev–Trinajstić information content (AvgIpc) is 2.34. The summed E-state index contributed by atoms with van der Waals surface area (Å²) in [7, 11) is 0. The predicted molar refractivity (Wildman–Crippen MR) is 66.4 cm³/mol. The first-order valence-corrected chi connectivity index (χ1v) is 5.43. The van der Waals surface area contributed by atoms with Crippen molar-refractivity contribution in [3.05, 3.63) is 46.9 Å². The van der Waals surface area contributed by atoms with Crippen LogP contribution >= 0.6 is 0 Å². The Balaban J connectivity index is 2.61. The molecule has 1 heterocycles. The smallest absolute Gasteiger partial charge is 0.227 e. The van der Waals surface area contributed by atoms with Gasteiger partial charge in [0.25, 0.3) is 0 Å². The molecule has 17 heavy (non-hydrogen) atoms. The Bertz CT molecular complexity index is 609. The molecule has 0 aliphatic heterocycles. The molecular formula is C14H13N3. The zero-order valence-corrected chi connectivity index (χ0v) is 10.2. The molecule has 0 aliphatic rings. The maximum Gasteiger partial charge on any atom is 0.232 e. The third kappa shape index (κ3) is 2.16. The van der Waals surface area contributed by atoms with Crippen LogP contribution in [-0.2, 0) is 0 Å². The van der Waals surface area contributed by atoms with Crippen molar-refractivity contribution in [3.63, 3.8) is 0 Å². The van der Waals surface area contributed by atoms with Gasteiger partial charge >= 0.3 is 0 Å². The van der Waals surface area contributed by atoms with Crippen molar-refractivity contribution in [2.24, 2.45) is 0 Å². The van der Waals surface area contributed by atoms with E-state index in [0.717, 1.165) is 16.8 Å². The van der Waals surface area contributed by atoms with E-state index in [0.29, 0.717) is 0 Å². The Labute approximate surface area is 101 Å². The molecule has 0 fully saturated rings. The Morgan fingerprint density at radius 3 is 2.47 bits per heavy atom. The Hall–Kier alpha value is -2.21. The third-order valence-electron chi connectivity index (χ3n) is 2.87. The van der Waals surface area contributed by atoms with Crippen molar-refractivity contribution in [2.45, 2.75) is 20.8 Å². The number of nitrogens with zero attached hydrogens (tertiary/aromatic N) is 3. The lowest BCUT2D eigenvalue weighted by molar-refractivity contribution is 1.11. The summed E-state index contributed by atoms with van der Waals surface area (Å²) in [6.07, 6.45) is 1.62. The maximum absolute atomic E-state index is 8.80. The molecular weight excluding hydrogens is 210 g/mol. The van der Waals surface area contributed by atoms with Gasteiger partial charge in [-0.15, -0.1) is 0 Å². The van der Waals surface area contributed by atoms with Crippen LogP contribution in [0, 0.1) is 32.1 Å². The molecule has 0 radical (unpaired) electrons. The quantitative estimate of drug-likeness (QED) is 0.746. The summed E-state index contributed by atoms with van der Waals surface area (Å²) in [6.45, 7) is 6.22. The average molecular weight is 223 g/mol. The van der Waals surface area contributed by atoms with Gasteiger partial charge in [0, 0.05) is 11.8 Å². The summed E-state index contributed by atoms with van der Waals surface area (Å²) in [5, 5.41) is 8.80. The minimum atomic E-state index is 0.208. The van der Waals surface area contributed by atoms with Crippen molar-refractivity contribution < 1.29 is 0 Å². The lowest BCUT2D eigenvalue weighted by Gasteiger charge is -2.09. The topological polar surface area (TPSA) is 49.6 Å². The second-order valence-electron chi connectivity index (χ2n) is 4.13. The van der Waals surface area contributed by atoms with E-state index in [1.165, 1.54) is 11.1 Å². The van der Waals surface area contributed by atoms with Gasteiger partial charge < -0.3 is 0 Å². The van der Waals surface area contributed by atoms with Crippen molar-refractivity contribution in [1.82, 2.24) is 9.97 Å². The van der Waals surface area contributed by atoms with Gasteiger partial charge in [-0.25, -0.2) is 9.97 Å². The number of rotatable bonds is 1. The van der Waals surface area contributed by atoms with Gasteiger partial charge in [0.05, 0.1) is 5.69 Å². The van der Waals surface area contributed by atoms with Crippen molar-refractivity contribution in [2.75, 3.05) is 0 Å². The van der Waals surface area contributed by atoms with Gasteiger partial charge in [0.1, 0.15) is 6.07 Å². The largest absolute Gasteiger partial charge is 0.232 e. The molecule has 3 heteroatoms. The molecule has 0 amide bonds. The van der Waals surface area contributed by atoms with E-state index in [2.05, 4.69) is 42.9 Å². The molecule has 1 aromatic carbocycles. The monoisotopic (exact) mass is 223 g/mol. The standard InChI is InChI=1S/C14H13N3/c1-9-6-11(3)12(7-10(9)2)13-4-5-16-14(8-15)17-13/h4-7H,1-3H3. The van der Waals surface area contributed by atoms with E-state index < -0.39 is 0 Å². The van der Waals surface area contributed by atoms with Gasteiger partial charge in [-0.2, -0.15) is 5.26 Å². The fraction of sp³-hybridized carbons (Fsp3) is 0.214. The fourth-order valence-electron chi connectivity index (χ4n) is 1.80. The van der Waals surface area contributed by atoms with Crippen LogP contribution in [-0.4, -0.2) is 9.97 Å². The van der Waals surface area contributed by atoms with E-state index in [4.69, 9.17) is 5.26 Å². The number of benzene rings is 1. The summed E-state index contributed by atoms with van der Waals surface area (Å²) in [6, 6.07) is 8.03. The fourth-order valence-corrected chi connectivity index (χ4v) is 1.80. The SMILES string of the molecule is Cc1cc(C)c(-c2ccnc(C#N)n2)cc1C. The summed E-state index contributed by atoms with van der Waals surface area (Å²) >= 11 is 0. The molecule has 1 aromatic heterocycles. The highest BCUT2D eigenvalue weighted by Gasteiger charge is 2.06. The van der Waals surface area contributed by atoms with Gasteiger partial charge in [-0.3, -0.25) is 0 Å². The molecule has 0 saturated carbocycles. The second-order valence-corrected chi connectivity index (χ2v) is 4.13. The second kappa shape index (κ2) is 4.34. The molecule has 0 bridgehead atoms. The molecule has 0 aliphatic carbocycles. The van der Waals surface area contributed by atoms with E-state index in [1.54, 1.807) is 6.20 Å². The Morgan fingerprint density at radius 2 is 1.76 bits per heavy atom. The predicted octanol–water partition coefficient (Wildman–Crippen LogP) is 2.94. The van der Waals surface area contributed by atoms with Crippen LogP contribution in [0.5, 0.6) is 0 Å². The first-order valence-electron chi connectivity index (χ1n) is 5.43. The minimum absolute atomic E-state index is 0.208. The molecule has 0 atom stereocenters. The van der Waals surface area contributed by atoms with Crippen molar-refractivity contribution in [3.8, 4) is 17.3 Å². The van der Waals surface area contributed by atoms with Gasteiger partial charge in [0.2, 0.25) is 5.82 Å². The zero-order chi connectivity index (χ0) is 12.4. The van der Waals surface area contributed by atoms with Crippen LogP contribution in [0.15, 0.2) is 24.4 Å². The Kier molecular flexibility index (Phi) is 2.88. The normalized spacial score (nSPS) is 10.0. The summed E-state index contributed by atoms with van der Waals surface area (Å²) in [4.78, 5) is 8.10. The molecule has 0 unspecified atom stereocenters. The number of hydrogen-bond acceptors (Lipinski definition) is 3. The summed E-state index contributed by atoms with van der Waals surface area (Å²) in [5.41, 5.74) is 5.52. The maximum atomic E-state index is 8.80. The van der Waals surface area contributed by atoms with Crippen LogP contribution in [0.3, 0.4) is 0 Å². The van der Waals surface area contributed by atoms with E-state index >= 15 is 0 Å². The minimum Gasteiger partial charge on any atom is -0.227 e. The van der Waals surface area contributed by atoms with Crippen molar-refractivity contribution in [1.29, 1.82) is 5.26 Å². The van der Waals surface area contributed by atoms with Crippen LogP contribution < -0.4 is 0 Å². The lowest BCUT2D eigenvalue weighted by atomic mass is 9.99. The highest BCUT2D eigenvalue weighted by Crippen LogP contribution is 2.24. The summed E-state index contributed by atoms with van der Waals surface area (Å²) < 4.78 is 0. The number of aromatic nitrogens is 2. The third-order valence-corrected chi connectivity index (χ3v) is 2.87. The van der Waals surface area contributed by atoms with Crippen LogP contribution in [0.2, 0.25) is 0 Å². The van der Waals surface area contributed by atoms with Crippen LogP contribution in [0.4, 0.5) is 0 Å². The zero-order valence-electron chi connectivity index (χ0n) is 10.2. The van der Waals surface area contributed by atoms with Crippen LogP contribution in [0.1, 0.15) is 22.5 Å². The molecule has 3 nitrogen and oxygen atoms in total. The molecule has 0 spiro atoms. The molecule has 2 rings (SSSR count). The van der Waals surface area contributed by atoms with Gasteiger partial charge in [0.15, 0.2) is 0 Å². The number of hydrogen-bond donors (Lipinski definition) is 0. The highest BCUT2D eigenvalue weighted by atomic mass is 14.9. The van der Waals surface area contributed by atoms with Crippen LogP contribution in [0.25, 0.3) is 11.3 Å². The Morgan fingerprint density at radius 1 is 1.06 bits per heavy atom. The van der Waals surface area contributed by atoms with Gasteiger partial charge in [-0.05, 0) is 49.6 Å². The number of aryl methyl sites for hydroxylation is 3. The van der Waals surface area contributed by atoms with Crippen molar-refractivity contribution >= 4 is 0 Å². The molecule has 84 valence electrons. The first-order chi connectivity index (χ1) is 8.11. The number of nitriles is 1. The van der Waals surface area contributed by atoms with E-state index in [1.807, 2.05) is 12.1 Å². The van der Waals surface area contributed by atoms with E-state index in [9.17, 15) is 0 Å². The van der Waals surface area contributed by atoms with Gasteiger partial charge in [-0.1, -0.05) is 6.07 Å². The lowest BCUT2D eigenvalue weighted by Crippen LogP contribution is -1.94. The van der Waals surface area contributed by atoms with E-state index in [-0.39, 0.29) is 5.82 Å².